The Morgan fingerprint density at radius 1 is 1.35 bits per heavy atom. The van der Waals surface area contributed by atoms with Gasteiger partial charge in [-0.15, -0.1) is 0 Å². The molecule has 2 aliphatic rings. The Morgan fingerprint density at radius 3 is 2.73 bits per heavy atom. The first-order chi connectivity index (χ1) is 12.4. The highest BCUT2D eigenvalue weighted by molar-refractivity contribution is 5.78. The zero-order valence-corrected chi connectivity index (χ0v) is 16.1. The number of carbonyl (C=O) groups excluding carboxylic acids is 1. The minimum atomic E-state index is -0.724. The molecule has 3 unspecified atom stereocenters. The van der Waals surface area contributed by atoms with Gasteiger partial charge in [0.05, 0.1) is 29.3 Å². The van der Waals surface area contributed by atoms with Crippen LogP contribution < -0.4 is 0 Å². The lowest BCUT2D eigenvalue weighted by molar-refractivity contribution is -0.176. The summed E-state index contributed by atoms with van der Waals surface area (Å²) in [6.45, 7) is 10.4. The van der Waals surface area contributed by atoms with Crippen molar-refractivity contribution in [1.82, 2.24) is 0 Å². The van der Waals surface area contributed by atoms with Crippen LogP contribution in [0.15, 0.2) is 43.0 Å². The maximum absolute atomic E-state index is 12.7. The van der Waals surface area contributed by atoms with E-state index in [1.54, 1.807) is 6.08 Å². The van der Waals surface area contributed by atoms with Crippen molar-refractivity contribution < 1.29 is 19.0 Å². The molecule has 0 aromatic heterocycles. The molecule has 2 bridgehead atoms. The van der Waals surface area contributed by atoms with Crippen molar-refractivity contribution in [3.8, 4) is 0 Å². The second-order valence-corrected chi connectivity index (χ2v) is 8.02. The van der Waals surface area contributed by atoms with Gasteiger partial charge < -0.3 is 14.2 Å². The van der Waals surface area contributed by atoms with E-state index in [4.69, 9.17) is 14.2 Å². The van der Waals surface area contributed by atoms with Crippen LogP contribution in [-0.4, -0.2) is 29.9 Å². The lowest BCUT2D eigenvalue weighted by atomic mass is 9.66. The van der Waals surface area contributed by atoms with Crippen molar-refractivity contribution >= 4 is 5.97 Å². The summed E-state index contributed by atoms with van der Waals surface area (Å²) in [4.78, 5) is 12.7. The predicted molar refractivity (Wildman–Crippen MR) is 101 cm³/mol. The van der Waals surface area contributed by atoms with Crippen LogP contribution in [0.2, 0.25) is 0 Å². The molecular formula is C22H30O4. The molecule has 0 spiro atoms. The number of esters is 1. The molecule has 26 heavy (non-hydrogen) atoms. The summed E-state index contributed by atoms with van der Waals surface area (Å²) >= 11 is 0. The SMILES string of the molecule is C=CCOC(=O)C(C)(C)C12CCC(CC)(O1)C(OCc1ccccc1)C2. The van der Waals surface area contributed by atoms with Gasteiger partial charge in [-0.3, -0.25) is 4.79 Å². The second kappa shape index (κ2) is 7.16. The molecule has 1 aromatic carbocycles. The Labute approximate surface area is 156 Å². The standard InChI is InChI=1S/C22H30O4/c1-5-14-24-19(23)20(3,4)22-13-12-21(6-2,26-22)18(15-22)25-16-17-10-8-7-9-11-17/h5,7-11,18H,1,6,12-16H2,2-4H3. The Bertz CT molecular complexity index is 653. The first kappa shape index (κ1) is 19.1. The molecule has 0 saturated carbocycles. The molecular weight excluding hydrogens is 328 g/mol. The first-order valence-corrected chi connectivity index (χ1v) is 9.53. The van der Waals surface area contributed by atoms with E-state index in [1.807, 2.05) is 32.0 Å². The molecule has 0 amide bonds. The van der Waals surface area contributed by atoms with Gasteiger partial charge in [-0.1, -0.05) is 49.9 Å². The highest BCUT2D eigenvalue weighted by Crippen LogP contribution is 2.60. The van der Waals surface area contributed by atoms with Gasteiger partial charge in [-0.05, 0) is 38.7 Å². The van der Waals surface area contributed by atoms with Crippen molar-refractivity contribution in [3.63, 3.8) is 0 Å². The highest BCUT2D eigenvalue weighted by Gasteiger charge is 2.68. The Morgan fingerprint density at radius 2 is 2.08 bits per heavy atom. The zero-order valence-electron chi connectivity index (χ0n) is 16.1. The second-order valence-electron chi connectivity index (χ2n) is 8.02. The predicted octanol–water partition coefficient (Wildman–Crippen LogP) is 4.43. The number of hydrogen-bond donors (Lipinski definition) is 0. The fourth-order valence-corrected chi connectivity index (χ4v) is 4.42. The van der Waals surface area contributed by atoms with Crippen molar-refractivity contribution in [2.45, 2.75) is 70.4 Å². The number of benzene rings is 1. The number of fused-ring (bicyclic) bond motifs is 2. The Kier molecular flexibility index (Phi) is 5.27. The molecule has 3 rings (SSSR count). The molecule has 3 atom stereocenters. The largest absolute Gasteiger partial charge is 0.461 e. The molecule has 2 saturated heterocycles. The number of hydrogen-bond acceptors (Lipinski definition) is 4. The van der Waals surface area contributed by atoms with Crippen molar-refractivity contribution in [3.05, 3.63) is 48.6 Å². The average molecular weight is 358 g/mol. The smallest absolute Gasteiger partial charge is 0.314 e. The van der Waals surface area contributed by atoms with Gasteiger partial charge in [0.15, 0.2) is 0 Å². The summed E-state index contributed by atoms with van der Waals surface area (Å²) in [7, 11) is 0. The van der Waals surface area contributed by atoms with Gasteiger partial charge in [0.25, 0.3) is 0 Å². The minimum Gasteiger partial charge on any atom is -0.461 e. The third-order valence-electron chi connectivity index (χ3n) is 6.33. The van der Waals surface area contributed by atoms with Crippen molar-refractivity contribution in [2.24, 2.45) is 5.41 Å². The molecule has 142 valence electrons. The molecule has 1 aromatic rings. The average Bonchev–Trinajstić information content (AvgIpc) is 3.21. The van der Waals surface area contributed by atoms with Crippen LogP contribution in [0, 0.1) is 5.41 Å². The quantitative estimate of drug-likeness (QED) is 0.509. The van der Waals surface area contributed by atoms with Crippen LogP contribution in [0.4, 0.5) is 0 Å². The van der Waals surface area contributed by atoms with E-state index >= 15 is 0 Å². The van der Waals surface area contributed by atoms with E-state index in [0.29, 0.717) is 6.61 Å². The van der Waals surface area contributed by atoms with Crippen LogP contribution in [0.25, 0.3) is 0 Å². The fourth-order valence-electron chi connectivity index (χ4n) is 4.42. The third kappa shape index (κ3) is 3.10. The van der Waals surface area contributed by atoms with Crippen molar-refractivity contribution in [1.29, 1.82) is 0 Å². The van der Waals surface area contributed by atoms with Gasteiger partial charge in [0.2, 0.25) is 0 Å². The van der Waals surface area contributed by atoms with E-state index < -0.39 is 11.0 Å². The van der Waals surface area contributed by atoms with E-state index in [1.165, 1.54) is 0 Å². The van der Waals surface area contributed by atoms with Crippen LogP contribution >= 0.6 is 0 Å². The minimum absolute atomic E-state index is 0.00654. The summed E-state index contributed by atoms with van der Waals surface area (Å²) in [6, 6.07) is 10.2. The lowest BCUT2D eigenvalue weighted by Gasteiger charge is -2.39. The Balaban J connectivity index is 1.76. The fraction of sp³-hybridized carbons (Fsp3) is 0.591. The molecule has 0 N–H and O–H groups in total. The number of ether oxygens (including phenoxy) is 3. The van der Waals surface area contributed by atoms with Crippen LogP contribution in [0.5, 0.6) is 0 Å². The maximum Gasteiger partial charge on any atom is 0.314 e. The summed E-state index contributed by atoms with van der Waals surface area (Å²) in [5.41, 5.74) is -0.397. The van der Waals surface area contributed by atoms with Gasteiger partial charge in [-0.2, -0.15) is 0 Å². The van der Waals surface area contributed by atoms with Gasteiger partial charge in [-0.25, -0.2) is 0 Å². The normalized spacial score (nSPS) is 30.3. The molecule has 2 fully saturated rings. The van der Waals surface area contributed by atoms with Gasteiger partial charge in [0.1, 0.15) is 6.61 Å². The van der Waals surface area contributed by atoms with Gasteiger partial charge >= 0.3 is 5.97 Å². The van der Waals surface area contributed by atoms with Crippen LogP contribution in [0.1, 0.15) is 52.0 Å². The molecule has 2 aliphatic heterocycles. The zero-order chi connectivity index (χ0) is 18.8. The molecule has 4 nitrogen and oxygen atoms in total. The van der Waals surface area contributed by atoms with E-state index in [2.05, 4.69) is 25.6 Å². The van der Waals surface area contributed by atoms with Crippen LogP contribution in [0.3, 0.4) is 0 Å². The molecule has 4 heteroatoms. The number of carbonyl (C=O) groups is 1. The van der Waals surface area contributed by atoms with E-state index in [0.717, 1.165) is 31.2 Å². The first-order valence-electron chi connectivity index (χ1n) is 9.53. The maximum atomic E-state index is 12.7. The summed E-state index contributed by atoms with van der Waals surface area (Å²) in [5.74, 6) is -0.229. The Hall–Kier alpha value is -1.65. The van der Waals surface area contributed by atoms with Gasteiger partial charge in [0, 0.05) is 6.42 Å². The molecule has 0 aliphatic carbocycles. The highest BCUT2D eigenvalue weighted by atomic mass is 16.6. The van der Waals surface area contributed by atoms with Crippen molar-refractivity contribution in [2.75, 3.05) is 6.61 Å². The summed E-state index contributed by atoms with van der Waals surface area (Å²) in [5, 5.41) is 0. The summed E-state index contributed by atoms with van der Waals surface area (Å²) < 4.78 is 18.3. The molecule has 0 radical (unpaired) electrons. The lowest BCUT2D eigenvalue weighted by Crippen LogP contribution is -2.49. The van der Waals surface area contributed by atoms with E-state index in [9.17, 15) is 4.79 Å². The molecule has 2 heterocycles. The summed E-state index contributed by atoms with van der Waals surface area (Å²) in [6.07, 6.45) is 4.98. The number of rotatable bonds is 8. The van der Waals surface area contributed by atoms with E-state index in [-0.39, 0.29) is 24.3 Å². The topological polar surface area (TPSA) is 44.8 Å². The third-order valence-corrected chi connectivity index (χ3v) is 6.33. The van der Waals surface area contributed by atoms with Crippen LogP contribution in [-0.2, 0) is 25.6 Å². The monoisotopic (exact) mass is 358 g/mol.